The molecule has 0 aliphatic heterocycles. The van der Waals surface area contributed by atoms with E-state index in [1.807, 2.05) is 37.3 Å². The van der Waals surface area contributed by atoms with Crippen molar-refractivity contribution in [1.82, 2.24) is 10.3 Å². The molecule has 1 N–H and O–H groups in total. The van der Waals surface area contributed by atoms with Gasteiger partial charge in [0.1, 0.15) is 18.6 Å². The van der Waals surface area contributed by atoms with Crippen molar-refractivity contribution in [2.24, 2.45) is 0 Å². The smallest absolute Gasteiger partial charge is 0.387 e. The number of ether oxygens (including phenoxy) is 3. The van der Waals surface area contributed by atoms with Gasteiger partial charge >= 0.3 is 6.61 Å². The molecule has 3 aromatic carbocycles. The van der Waals surface area contributed by atoms with E-state index in [2.05, 4.69) is 15.0 Å². The van der Waals surface area contributed by atoms with Crippen molar-refractivity contribution in [2.45, 2.75) is 26.7 Å². The Morgan fingerprint density at radius 1 is 0.972 bits per heavy atom. The Labute approximate surface area is 206 Å². The number of alkyl halides is 2. The number of carbonyl (C=O) groups excluding carboxylic acids is 1. The number of rotatable bonds is 11. The minimum atomic E-state index is -3.00. The Bertz CT molecular complexity index is 1290. The summed E-state index contributed by atoms with van der Waals surface area (Å²) in [7, 11) is 0. The summed E-state index contributed by atoms with van der Waals surface area (Å²) in [6, 6.07) is 20.7. The molecule has 1 heterocycles. The molecule has 0 fully saturated rings. The molecule has 0 radical (unpaired) electrons. The second-order valence-electron chi connectivity index (χ2n) is 7.57. The molecule has 4 rings (SSSR count). The standard InChI is InChI=1S/C27H24F2N2O5/c1-2-33-22-11-7-6-10-21(22)25(32)30-15-20-17-35-26(31-20)19-12-13-23(36-27(28)29)24(14-19)34-16-18-8-4-3-5-9-18/h3-14,17,27H,2,15-16H2,1H3,(H,30,32). The second kappa shape index (κ2) is 11.8. The maximum atomic E-state index is 12.9. The fraction of sp³-hybridized carbons (Fsp3) is 0.185. The normalized spacial score (nSPS) is 10.8. The zero-order valence-electron chi connectivity index (χ0n) is 19.4. The predicted molar refractivity (Wildman–Crippen MR) is 128 cm³/mol. The first kappa shape index (κ1) is 24.7. The molecule has 0 saturated heterocycles. The topological polar surface area (TPSA) is 82.8 Å². The lowest BCUT2D eigenvalue weighted by Crippen LogP contribution is -2.23. The third-order valence-electron chi connectivity index (χ3n) is 5.06. The van der Waals surface area contributed by atoms with Crippen LogP contribution < -0.4 is 19.5 Å². The summed E-state index contributed by atoms with van der Waals surface area (Å²) in [6.07, 6.45) is 1.41. The summed E-state index contributed by atoms with van der Waals surface area (Å²) in [5, 5.41) is 2.79. The number of nitrogens with one attached hydrogen (secondary N) is 1. The van der Waals surface area contributed by atoms with Crippen LogP contribution in [0.25, 0.3) is 11.5 Å². The largest absolute Gasteiger partial charge is 0.493 e. The number of halogens is 2. The van der Waals surface area contributed by atoms with Gasteiger partial charge in [-0.3, -0.25) is 4.79 Å². The van der Waals surface area contributed by atoms with Crippen LogP contribution in [-0.2, 0) is 13.2 Å². The van der Waals surface area contributed by atoms with Gasteiger partial charge in [0, 0.05) is 5.56 Å². The first-order valence-corrected chi connectivity index (χ1v) is 11.2. The number of hydrogen-bond donors (Lipinski definition) is 1. The first-order valence-electron chi connectivity index (χ1n) is 11.2. The lowest BCUT2D eigenvalue weighted by Gasteiger charge is -2.13. The fourth-order valence-corrected chi connectivity index (χ4v) is 3.40. The molecule has 0 bridgehead atoms. The van der Waals surface area contributed by atoms with E-state index in [1.165, 1.54) is 18.4 Å². The van der Waals surface area contributed by atoms with Crippen molar-refractivity contribution in [2.75, 3.05) is 6.61 Å². The van der Waals surface area contributed by atoms with Gasteiger partial charge in [-0.15, -0.1) is 0 Å². The van der Waals surface area contributed by atoms with E-state index in [9.17, 15) is 13.6 Å². The van der Waals surface area contributed by atoms with E-state index in [-0.39, 0.29) is 36.4 Å². The molecule has 9 heteroatoms. The number of aromatic nitrogens is 1. The van der Waals surface area contributed by atoms with Crippen molar-refractivity contribution < 1.29 is 32.2 Å². The van der Waals surface area contributed by atoms with Crippen LogP contribution in [0, 0.1) is 0 Å². The number of nitrogens with zero attached hydrogens (tertiary/aromatic N) is 1. The molecule has 0 saturated carbocycles. The van der Waals surface area contributed by atoms with Gasteiger partial charge in [0.2, 0.25) is 5.89 Å². The van der Waals surface area contributed by atoms with Crippen molar-refractivity contribution in [1.29, 1.82) is 0 Å². The van der Waals surface area contributed by atoms with E-state index < -0.39 is 6.61 Å². The highest BCUT2D eigenvalue weighted by Gasteiger charge is 2.16. The van der Waals surface area contributed by atoms with Crippen LogP contribution in [0.5, 0.6) is 17.2 Å². The molecule has 36 heavy (non-hydrogen) atoms. The Kier molecular flexibility index (Phi) is 8.12. The third kappa shape index (κ3) is 6.38. The molecule has 0 aliphatic rings. The lowest BCUT2D eigenvalue weighted by molar-refractivity contribution is -0.0515. The summed E-state index contributed by atoms with van der Waals surface area (Å²) in [5.74, 6) is 0.442. The highest BCUT2D eigenvalue weighted by atomic mass is 19.3. The monoisotopic (exact) mass is 494 g/mol. The van der Waals surface area contributed by atoms with Crippen LogP contribution in [0.4, 0.5) is 8.78 Å². The molecule has 7 nitrogen and oxygen atoms in total. The summed E-state index contributed by atoms with van der Waals surface area (Å²) in [4.78, 5) is 17.0. The summed E-state index contributed by atoms with van der Waals surface area (Å²) < 4.78 is 47.2. The zero-order valence-corrected chi connectivity index (χ0v) is 19.4. The number of para-hydroxylation sites is 1. The minimum absolute atomic E-state index is 0.100. The predicted octanol–water partition coefficient (Wildman–Crippen LogP) is 5.85. The molecule has 1 aromatic heterocycles. The van der Waals surface area contributed by atoms with Gasteiger partial charge in [0.15, 0.2) is 11.5 Å². The highest BCUT2D eigenvalue weighted by molar-refractivity contribution is 5.96. The quantitative estimate of drug-likeness (QED) is 0.282. The van der Waals surface area contributed by atoms with Crippen molar-refractivity contribution in [3.8, 4) is 28.7 Å². The fourth-order valence-electron chi connectivity index (χ4n) is 3.40. The average Bonchev–Trinajstić information content (AvgIpc) is 3.37. The van der Waals surface area contributed by atoms with Gasteiger partial charge in [0.05, 0.1) is 24.4 Å². The van der Waals surface area contributed by atoms with Crippen molar-refractivity contribution in [3.05, 3.63) is 95.9 Å². The Balaban J connectivity index is 1.47. The Hall–Kier alpha value is -4.40. The van der Waals surface area contributed by atoms with E-state index in [4.69, 9.17) is 13.9 Å². The molecule has 0 unspecified atom stereocenters. The van der Waals surface area contributed by atoms with Crippen LogP contribution >= 0.6 is 0 Å². The van der Waals surface area contributed by atoms with E-state index >= 15 is 0 Å². The van der Waals surface area contributed by atoms with Crippen LogP contribution in [0.2, 0.25) is 0 Å². The van der Waals surface area contributed by atoms with E-state index in [0.29, 0.717) is 29.2 Å². The molecule has 0 spiro atoms. The Morgan fingerprint density at radius 2 is 1.75 bits per heavy atom. The third-order valence-corrected chi connectivity index (χ3v) is 5.06. The molecule has 186 valence electrons. The van der Waals surface area contributed by atoms with Crippen LogP contribution in [0.3, 0.4) is 0 Å². The van der Waals surface area contributed by atoms with Crippen molar-refractivity contribution >= 4 is 5.91 Å². The van der Waals surface area contributed by atoms with Gasteiger partial charge in [0.25, 0.3) is 5.91 Å². The van der Waals surface area contributed by atoms with Crippen LogP contribution in [-0.4, -0.2) is 24.1 Å². The number of benzene rings is 3. The summed E-state index contributed by atoms with van der Waals surface area (Å²) in [6.45, 7) is -0.437. The van der Waals surface area contributed by atoms with Gasteiger partial charge in [-0.2, -0.15) is 8.78 Å². The number of carbonyl (C=O) groups is 1. The minimum Gasteiger partial charge on any atom is -0.493 e. The second-order valence-corrected chi connectivity index (χ2v) is 7.57. The maximum absolute atomic E-state index is 12.9. The first-order chi connectivity index (χ1) is 17.5. The van der Waals surface area contributed by atoms with Gasteiger partial charge in [-0.25, -0.2) is 4.98 Å². The lowest BCUT2D eigenvalue weighted by atomic mass is 10.2. The van der Waals surface area contributed by atoms with Crippen molar-refractivity contribution in [3.63, 3.8) is 0 Å². The van der Waals surface area contributed by atoms with E-state index in [1.54, 1.807) is 30.3 Å². The average molecular weight is 494 g/mol. The molecule has 4 aromatic rings. The zero-order chi connectivity index (χ0) is 25.3. The van der Waals surface area contributed by atoms with E-state index in [0.717, 1.165) is 5.56 Å². The Morgan fingerprint density at radius 3 is 2.53 bits per heavy atom. The van der Waals surface area contributed by atoms with Gasteiger partial charge < -0.3 is 23.9 Å². The number of oxazole rings is 1. The highest BCUT2D eigenvalue weighted by Crippen LogP contribution is 2.34. The number of amides is 1. The maximum Gasteiger partial charge on any atom is 0.387 e. The number of hydrogen-bond acceptors (Lipinski definition) is 6. The SMILES string of the molecule is CCOc1ccccc1C(=O)NCc1coc(-c2ccc(OC(F)F)c(OCc3ccccc3)c2)n1. The summed E-state index contributed by atoms with van der Waals surface area (Å²) >= 11 is 0. The van der Waals surface area contributed by atoms with Gasteiger partial charge in [-0.1, -0.05) is 42.5 Å². The molecular formula is C27H24F2N2O5. The molecule has 0 aliphatic carbocycles. The summed E-state index contributed by atoms with van der Waals surface area (Å²) in [5.41, 5.74) is 2.26. The van der Waals surface area contributed by atoms with Gasteiger partial charge in [-0.05, 0) is 42.8 Å². The van der Waals surface area contributed by atoms with Crippen LogP contribution in [0.1, 0.15) is 28.5 Å². The molecule has 1 amide bonds. The molecule has 0 atom stereocenters. The molecular weight excluding hydrogens is 470 g/mol. The van der Waals surface area contributed by atoms with Crippen LogP contribution in [0.15, 0.2) is 83.5 Å².